The zero-order valence-corrected chi connectivity index (χ0v) is 11.7. The maximum absolute atomic E-state index is 11.4. The van der Waals surface area contributed by atoms with Crippen molar-refractivity contribution in [2.45, 2.75) is 19.4 Å². The molecule has 100 valence electrons. The number of pyridine rings is 1. The standard InChI is InChI=1S/C14H16N2O2S/c1-3-11(13-5-4-8-19-13)16-10-6-7-15-12(9-10)14(17)18-2/h4-9,11H,3H2,1-2H3,(H,15,16). The molecule has 1 unspecified atom stereocenters. The quantitative estimate of drug-likeness (QED) is 0.849. The van der Waals surface area contributed by atoms with Gasteiger partial charge in [0.25, 0.3) is 0 Å². The summed E-state index contributed by atoms with van der Waals surface area (Å²) in [7, 11) is 1.35. The van der Waals surface area contributed by atoms with Gasteiger partial charge in [-0.1, -0.05) is 13.0 Å². The highest BCUT2D eigenvalue weighted by Crippen LogP contribution is 2.26. The Morgan fingerprint density at radius 2 is 2.37 bits per heavy atom. The summed E-state index contributed by atoms with van der Waals surface area (Å²) in [4.78, 5) is 16.7. The topological polar surface area (TPSA) is 51.2 Å². The number of thiophene rings is 1. The molecule has 5 heteroatoms. The van der Waals surface area contributed by atoms with E-state index in [1.54, 1.807) is 23.6 Å². The van der Waals surface area contributed by atoms with E-state index in [0.29, 0.717) is 5.69 Å². The van der Waals surface area contributed by atoms with Crippen LogP contribution in [0.2, 0.25) is 0 Å². The lowest BCUT2D eigenvalue weighted by atomic mass is 10.1. The molecule has 4 nitrogen and oxygen atoms in total. The fourth-order valence-corrected chi connectivity index (χ4v) is 2.66. The zero-order chi connectivity index (χ0) is 13.7. The molecule has 0 fully saturated rings. The minimum atomic E-state index is -0.423. The average Bonchev–Trinajstić information content (AvgIpc) is 2.98. The van der Waals surface area contributed by atoms with Crippen LogP contribution in [-0.4, -0.2) is 18.1 Å². The van der Waals surface area contributed by atoms with Gasteiger partial charge in [-0.05, 0) is 30.0 Å². The minimum absolute atomic E-state index is 0.243. The molecule has 2 aromatic heterocycles. The Kier molecular flexibility index (Phi) is 4.52. The van der Waals surface area contributed by atoms with Gasteiger partial charge in [-0.15, -0.1) is 11.3 Å². The SMILES string of the molecule is CCC(Nc1ccnc(C(=O)OC)c1)c1cccs1. The highest BCUT2D eigenvalue weighted by atomic mass is 32.1. The Bertz CT molecular complexity index is 540. The van der Waals surface area contributed by atoms with Gasteiger partial charge in [-0.2, -0.15) is 0 Å². The molecule has 0 amide bonds. The van der Waals surface area contributed by atoms with E-state index in [1.807, 2.05) is 12.1 Å². The van der Waals surface area contributed by atoms with Gasteiger partial charge in [-0.25, -0.2) is 9.78 Å². The van der Waals surface area contributed by atoms with Gasteiger partial charge in [0.1, 0.15) is 5.69 Å². The Morgan fingerprint density at radius 3 is 3.00 bits per heavy atom. The van der Waals surface area contributed by atoms with Gasteiger partial charge in [0.2, 0.25) is 0 Å². The molecule has 0 aliphatic rings. The Labute approximate surface area is 116 Å². The lowest BCUT2D eigenvalue weighted by Gasteiger charge is -2.17. The molecule has 2 aromatic rings. The summed E-state index contributed by atoms with van der Waals surface area (Å²) in [5, 5.41) is 5.47. The van der Waals surface area contributed by atoms with Crippen molar-refractivity contribution >= 4 is 23.0 Å². The number of ether oxygens (including phenoxy) is 1. The van der Waals surface area contributed by atoms with Crippen LogP contribution in [0.5, 0.6) is 0 Å². The van der Waals surface area contributed by atoms with Gasteiger partial charge in [0.15, 0.2) is 0 Å². The number of rotatable bonds is 5. The van der Waals surface area contributed by atoms with Crippen molar-refractivity contribution in [2.24, 2.45) is 0 Å². The summed E-state index contributed by atoms with van der Waals surface area (Å²) >= 11 is 1.72. The molecule has 2 rings (SSSR count). The second-order valence-corrected chi connectivity index (χ2v) is 5.02. The van der Waals surface area contributed by atoms with Crippen molar-refractivity contribution in [1.82, 2.24) is 4.98 Å². The van der Waals surface area contributed by atoms with Crippen LogP contribution in [0.3, 0.4) is 0 Å². The maximum atomic E-state index is 11.4. The van der Waals surface area contributed by atoms with Crippen molar-refractivity contribution in [3.63, 3.8) is 0 Å². The second kappa shape index (κ2) is 6.33. The fraction of sp³-hybridized carbons (Fsp3) is 0.286. The molecule has 1 N–H and O–H groups in total. The molecule has 0 saturated carbocycles. The number of nitrogens with one attached hydrogen (secondary N) is 1. The number of hydrogen-bond acceptors (Lipinski definition) is 5. The van der Waals surface area contributed by atoms with Crippen LogP contribution in [0.1, 0.15) is 34.8 Å². The Hall–Kier alpha value is -1.88. The predicted octanol–water partition coefficient (Wildman–Crippen LogP) is 3.49. The third-order valence-corrected chi connectivity index (χ3v) is 3.78. The summed E-state index contributed by atoms with van der Waals surface area (Å²) in [6.07, 6.45) is 2.58. The third-order valence-electron chi connectivity index (χ3n) is 2.79. The van der Waals surface area contributed by atoms with E-state index >= 15 is 0 Å². The number of carbonyl (C=O) groups excluding carboxylic acids is 1. The van der Waals surface area contributed by atoms with Crippen LogP contribution in [0.25, 0.3) is 0 Å². The number of carbonyl (C=O) groups is 1. The normalized spacial score (nSPS) is 11.9. The van der Waals surface area contributed by atoms with Gasteiger partial charge in [-0.3, -0.25) is 0 Å². The number of nitrogens with zero attached hydrogens (tertiary/aromatic N) is 1. The molecule has 0 spiro atoms. The number of methoxy groups -OCH3 is 1. The van der Waals surface area contributed by atoms with Gasteiger partial charge in [0, 0.05) is 16.8 Å². The van der Waals surface area contributed by atoms with E-state index in [0.717, 1.165) is 12.1 Å². The van der Waals surface area contributed by atoms with Gasteiger partial charge >= 0.3 is 5.97 Å². The van der Waals surface area contributed by atoms with Crippen molar-refractivity contribution in [3.8, 4) is 0 Å². The summed E-state index contributed by atoms with van der Waals surface area (Å²) in [6.45, 7) is 2.12. The van der Waals surface area contributed by atoms with E-state index in [4.69, 9.17) is 0 Å². The fourth-order valence-electron chi connectivity index (χ4n) is 1.80. The van der Waals surface area contributed by atoms with Crippen LogP contribution in [0.15, 0.2) is 35.8 Å². The first-order chi connectivity index (χ1) is 9.24. The number of esters is 1. The lowest BCUT2D eigenvalue weighted by molar-refractivity contribution is 0.0594. The predicted molar refractivity (Wildman–Crippen MR) is 76.6 cm³/mol. The van der Waals surface area contributed by atoms with Gasteiger partial charge in [0.05, 0.1) is 13.2 Å². The summed E-state index contributed by atoms with van der Waals surface area (Å²) in [5.41, 5.74) is 1.18. The zero-order valence-electron chi connectivity index (χ0n) is 10.9. The molecule has 2 heterocycles. The van der Waals surface area contributed by atoms with E-state index < -0.39 is 5.97 Å². The van der Waals surface area contributed by atoms with E-state index in [2.05, 4.69) is 33.4 Å². The second-order valence-electron chi connectivity index (χ2n) is 4.04. The highest BCUT2D eigenvalue weighted by Gasteiger charge is 2.12. The van der Waals surface area contributed by atoms with Crippen LogP contribution in [0.4, 0.5) is 5.69 Å². The molecular weight excluding hydrogens is 260 g/mol. The lowest BCUT2D eigenvalue weighted by Crippen LogP contribution is -2.10. The van der Waals surface area contributed by atoms with Crippen LogP contribution in [-0.2, 0) is 4.74 Å². The molecule has 19 heavy (non-hydrogen) atoms. The largest absolute Gasteiger partial charge is 0.464 e. The molecule has 0 aliphatic heterocycles. The van der Waals surface area contributed by atoms with Crippen molar-refractivity contribution in [2.75, 3.05) is 12.4 Å². The molecular formula is C14H16N2O2S. The van der Waals surface area contributed by atoms with Gasteiger partial charge < -0.3 is 10.1 Å². The van der Waals surface area contributed by atoms with Crippen LogP contribution < -0.4 is 5.32 Å². The minimum Gasteiger partial charge on any atom is -0.464 e. The number of hydrogen-bond donors (Lipinski definition) is 1. The van der Waals surface area contributed by atoms with Crippen molar-refractivity contribution in [3.05, 3.63) is 46.4 Å². The van der Waals surface area contributed by atoms with Crippen molar-refractivity contribution in [1.29, 1.82) is 0 Å². The average molecular weight is 276 g/mol. The third kappa shape index (κ3) is 3.32. The number of anilines is 1. The van der Waals surface area contributed by atoms with Crippen LogP contribution >= 0.6 is 11.3 Å². The first-order valence-electron chi connectivity index (χ1n) is 6.09. The Balaban J connectivity index is 2.16. The Morgan fingerprint density at radius 1 is 1.53 bits per heavy atom. The summed E-state index contributed by atoms with van der Waals surface area (Å²) in [6, 6.07) is 7.95. The summed E-state index contributed by atoms with van der Waals surface area (Å²) < 4.78 is 4.67. The van der Waals surface area contributed by atoms with Crippen molar-refractivity contribution < 1.29 is 9.53 Å². The highest BCUT2D eigenvalue weighted by molar-refractivity contribution is 7.10. The summed E-state index contributed by atoms with van der Waals surface area (Å²) in [5.74, 6) is -0.423. The van der Waals surface area contributed by atoms with E-state index in [-0.39, 0.29) is 6.04 Å². The first kappa shape index (κ1) is 13.5. The molecule has 0 bridgehead atoms. The molecule has 1 atom stereocenters. The molecule has 0 saturated heterocycles. The van der Waals surface area contributed by atoms with Crippen LogP contribution in [0, 0.1) is 0 Å². The number of aromatic nitrogens is 1. The van der Waals surface area contributed by atoms with E-state index in [1.165, 1.54) is 12.0 Å². The van der Waals surface area contributed by atoms with E-state index in [9.17, 15) is 4.79 Å². The maximum Gasteiger partial charge on any atom is 0.356 e. The monoisotopic (exact) mass is 276 g/mol. The first-order valence-corrected chi connectivity index (χ1v) is 6.97. The molecule has 0 aliphatic carbocycles. The smallest absolute Gasteiger partial charge is 0.356 e. The molecule has 0 radical (unpaired) electrons. The molecule has 0 aromatic carbocycles.